The molecule has 0 bridgehead atoms. The Balaban J connectivity index is 1.83. The van der Waals surface area contributed by atoms with Gasteiger partial charge < -0.3 is 10.1 Å². The van der Waals surface area contributed by atoms with E-state index in [1.54, 1.807) is 18.2 Å². The Morgan fingerprint density at radius 1 is 1.50 bits per heavy atom. The maximum Gasteiger partial charge on any atom is 0.250 e. The van der Waals surface area contributed by atoms with Crippen molar-refractivity contribution in [2.45, 2.75) is 19.4 Å². The number of hydrogen-bond acceptors (Lipinski definition) is 5. The summed E-state index contributed by atoms with van der Waals surface area (Å²) in [4.78, 5) is 28.1. The number of ether oxygens (including phenoxy) is 1. The molecule has 0 saturated heterocycles. The first-order chi connectivity index (χ1) is 10.7. The van der Waals surface area contributed by atoms with Crippen molar-refractivity contribution in [2.24, 2.45) is 0 Å². The standard InChI is InChI=1S/C14H15N5O3/c1-2-22-11-6-4-3-5-9(11)17-13(21)10-7-12(20)18-14-15-8-16-19(10)14/h3-6,8,10H,2,7H2,1H3,(H,17,21)(H,15,16,18,20). The molecule has 8 nitrogen and oxygen atoms in total. The lowest BCUT2D eigenvalue weighted by Gasteiger charge is -2.23. The number of aromatic nitrogens is 3. The summed E-state index contributed by atoms with van der Waals surface area (Å²) in [5.74, 6) is 0.249. The van der Waals surface area contributed by atoms with Crippen LogP contribution in [0.2, 0.25) is 0 Å². The summed E-state index contributed by atoms with van der Waals surface area (Å²) in [5.41, 5.74) is 0.557. The Hall–Kier alpha value is -2.90. The molecular weight excluding hydrogens is 286 g/mol. The number of carbonyl (C=O) groups excluding carboxylic acids is 2. The van der Waals surface area contributed by atoms with E-state index in [9.17, 15) is 9.59 Å². The minimum Gasteiger partial charge on any atom is -0.492 e. The van der Waals surface area contributed by atoms with Crippen LogP contribution >= 0.6 is 0 Å². The second-order valence-electron chi connectivity index (χ2n) is 4.71. The molecule has 1 aromatic heterocycles. The zero-order valence-electron chi connectivity index (χ0n) is 11.9. The van der Waals surface area contributed by atoms with Gasteiger partial charge in [-0.05, 0) is 19.1 Å². The molecule has 1 aliphatic rings. The van der Waals surface area contributed by atoms with Crippen LogP contribution in [-0.2, 0) is 9.59 Å². The quantitative estimate of drug-likeness (QED) is 0.884. The van der Waals surface area contributed by atoms with Crippen LogP contribution in [0, 0.1) is 0 Å². The smallest absolute Gasteiger partial charge is 0.250 e. The van der Waals surface area contributed by atoms with Crippen molar-refractivity contribution in [3.8, 4) is 5.75 Å². The minimum atomic E-state index is -0.735. The number of carbonyl (C=O) groups is 2. The van der Waals surface area contributed by atoms with Crippen LogP contribution in [0.5, 0.6) is 5.75 Å². The molecule has 1 aromatic carbocycles. The molecule has 0 radical (unpaired) electrons. The van der Waals surface area contributed by atoms with Gasteiger partial charge in [-0.25, -0.2) is 4.68 Å². The van der Waals surface area contributed by atoms with E-state index in [0.29, 0.717) is 18.0 Å². The van der Waals surface area contributed by atoms with Crippen LogP contribution in [0.15, 0.2) is 30.6 Å². The number of rotatable bonds is 4. The summed E-state index contributed by atoms with van der Waals surface area (Å²) in [6, 6.07) is 6.40. The van der Waals surface area contributed by atoms with Crippen LogP contribution in [-0.4, -0.2) is 33.2 Å². The highest BCUT2D eigenvalue weighted by atomic mass is 16.5. The van der Waals surface area contributed by atoms with Crippen LogP contribution < -0.4 is 15.4 Å². The summed E-state index contributed by atoms with van der Waals surface area (Å²) in [7, 11) is 0. The largest absolute Gasteiger partial charge is 0.492 e. The van der Waals surface area contributed by atoms with E-state index in [4.69, 9.17) is 4.74 Å². The molecular formula is C14H15N5O3. The lowest BCUT2D eigenvalue weighted by molar-refractivity contribution is -0.125. The Morgan fingerprint density at radius 3 is 3.14 bits per heavy atom. The van der Waals surface area contributed by atoms with Gasteiger partial charge in [0.1, 0.15) is 18.1 Å². The Kier molecular flexibility index (Phi) is 3.73. The fraction of sp³-hybridized carbons (Fsp3) is 0.286. The first-order valence-electron chi connectivity index (χ1n) is 6.91. The van der Waals surface area contributed by atoms with E-state index in [0.717, 1.165) is 0 Å². The second-order valence-corrected chi connectivity index (χ2v) is 4.71. The molecule has 1 aliphatic heterocycles. The molecule has 2 N–H and O–H groups in total. The summed E-state index contributed by atoms with van der Waals surface area (Å²) in [6.07, 6.45) is 1.31. The molecule has 2 amide bonds. The third-order valence-corrected chi connectivity index (χ3v) is 3.25. The molecule has 2 aromatic rings. The highest BCUT2D eigenvalue weighted by Crippen LogP contribution is 2.27. The second kappa shape index (κ2) is 5.84. The van der Waals surface area contributed by atoms with Crippen molar-refractivity contribution in [1.82, 2.24) is 14.8 Å². The fourth-order valence-corrected chi connectivity index (χ4v) is 2.28. The summed E-state index contributed by atoms with van der Waals surface area (Å²) in [6.45, 7) is 2.36. The van der Waals surface area contributed by atoms with Crippen molar-refractivity contribution in [3.63, 3.8) is 0 Å². The first-order valence-corrected chi connectivity index (χ1v) is 6.91. The van der Waals surface area contributed by atoms with E-state index in [1.807, 2.05) is 13.0 Å². The van der Waals surface area contributed by atoms with E-state index in [1.165, 1.54) is 11.0 Å². The van der Waals surface area contributed by atoms with Gasteiger partial charge >= 0.3 is 0 Å². The summed E-state index contributed by atoms with van der Waals surface area (Å²) >= 11 is 0. The number of nitrogens with zero attached hydrogens (tertiary/aromatic N) is 3. The van der Waals surface area contributed by atoms with Gasteiger partial charge in [0, 0.05) is 0 Å². The third-order valence-electron chi connectivity index (χ3n) is 3.25. The highest BCUT2D eigenvalue weighted by molar-refractivity contribution is 6.01. The summed E-state index contributed by atoms with van der Waals surface area (Å²) < 4.78 is 6.87. The van der Waals surface area contributed by atoms with E-state index >= 15 is 0 Å². The van der Waals surface area contributed by atoms with Crippen LogP contribution in [0.3, 0.4) is 0 Å². The Labute approximate surface area is 126 Å². The van der Waals surface area contributed by atoms with Gasteiger partial charge in [0.15, 0.2) is 0 Å². The number of hydrogen-bond donors (Lipinski definition) is 2. The number of nitrogens with one attached hydrogen (secondary N) is 2. The molecule has 0 spiro atoms. The predicted molar refractivity (Wildman–Crippen MR) is 78.5 cm³/mol. The van der Waals surface area contributed by atoms with E-state index in [2.05, 4.69) is 20.7 Å². The fourth-order valence-electron chi connectivity index (χ4n) is 2.28. The van der Waals surface area contributed by atoms with Crippen molar-refractivity contribution in [2.75, 3.05) is 17.2 Å². The SMILES string of the molecule is CCOc1ccccc1NC(=O)C1CC(=O)Nc2ncnn21. The third kappa shape index (κ3) is 2.62. The average Bonchev–Trinajstić information content (AvgIpc) is 2.96. The topological polar surface area (TPSA) is 98.1 Å². The monoisotopic (exact) mass is 301 g/mol. The zero-order valence-corrected chi connectivity index (χ0v) is 11.9. The molecule has 114 valence electrons. The van der Waals surface area contributed by atoms with Crippen LogP contribution in [0.1, 0.15) is 19.4 Å². The molecule has 0 saturated carbocycles. The Bertz CT molecular complexity index is 712. The van der Waals surface area contributed by atoms with Gasteiger partial charge in [0.25, 0.3) is 0 Å². The van der Waals surface area contributed by atoms with E-state index in [-0.39, 0.29) is 24.2 Å². The van der Waals surface area contributed by atoms with Gasteiger partial charge in [-0.2, -0.15) is 10.1 Å². The molecule has 22 heavy (non-hydrogen) atoms. The van der Waals surface area contributed by atoms with Gasteiger partial charge in [0.05, 0.1) is 18.7 Å². The number of amides is 2. The number of fused-ring (bicyclic) bond motifs is 1. The summed E-state index contributed by atoms with van der Waals surface area (Å²) in [5, 5.41) is 9.34. The van der Waals surface area contributed by atoms with Gasteiger partial charge in [-0.15, -0.1) is 0 Å². The van der Waals surface area contributed by atoms with Crippen molar-refractivity contribution in [1.29, 1.82) is 0 Å². The molecule has 3 rings (SSSR count). The van der Waals surface area contributed by atoms with Gasteiger partial charge in [-0.3, -0.25) is 14.9 Å². The molecule has 1 atom stereocenters. The predicted octanol–water partition coefficient (Wildman–Crippen LogP) is 1.20. The van der Waals surface area contributed by atoms with Crippen LogP contribution in [0.4, 0.5) is 11.6 Å². The lowest BCUT2D eigenvalue weighted by atomic mass is 10.1. The number of anilines is 2. The number of para-hydroxylation sites is 2. The lowest BCUT2D eigenvalue weighted by Crippen LogP contribution is -2.36. The van der Waals surface area contributed by atoms with Crippen molar-refractivity contribution < 1.29 is 14.3 Å². The highest BCUT2D eigenvalue weighted by Gasteiger charge is 2.32. The molecule has 0 fully saturated rings. The van der Waals surface area contributed by atoms with Crippen molar-refractivity contribution in [3.05, 3.63) is 30.6 Å². The maximum atomic E-state index is 12.5. The molecule has 2 heterocycles. The van der Waals surface area contributed by atoms with Crippen molar-refractivity contribution >= 4 is 23.5 Å². The first kappa shape index (κ1) is 14.1. The molecule has 0 aliphatic carbocycles. The zero-order chi connectivity index (χ0) is 15.5. The van der Waals surface area contributed by atoms with E-state index < -0.39 is 6.04 Å². The normalized spacial score (nSPS) is 16.6. The maximum absolute atomic E-state index is 12.5. The molecule has 1 unspecified atom stereocenters. The van der Waals surface area contributed by atoms with Crippen LogP contribution in [0.25, 0.3) is 0 Å². The average molecular weight is 301 g/mol. The number of benzene rings is 1. The molecule has 8 heteroatoms. The van der Waals surface area contributed by atoms with Gasteiger partial charge in [-0.1, -0.05) is 12.1 Å². The minimum absolute atomic E-state index is 0.0129. The van der Waals surface area contributed by atoms with Gasteiger partial charge in [0.2, 0.25) is 17.8 Å². The Morgan fingerprint density at radius 2 is 2.32 bits per heavy atom.